The van der Waals surface area contributed by atoms with Gasteiger partial charge in [-0.15, -0.1) is 11.3 Å². The van der Waals surface area contributed by atoms with Crippen molar-refractivity contribution in [2.45, 2.75) is 46.7 Å². The molecular weight excluding hydrogens is 202 g/mol. The van der Waals surface area contributed by atoms with Gasteiger partial charge in [0.05, 0.1) is 0 Å². The highest BCUT2D eigenvalue weighted by molar-refractivity contribution is 7.10. The first-order valence-electron chi connectivity index (χ1n) is 5.81. The molecule has 2 heteroatoms. The van der Waals surface area contributed by atoms with Crippen molar-refractivity contribution in [3.05, 3.63) is 22.4 Å². The average Bonchev–Trinajstić information content (AvgIpc) is 2.65. The van der Waals surface area contributed by atoms with Crippen LogP contribution >= 0.6 is 11.3 Å². The molecule has 2 atom stereocenters. The van der Waals surface area contributed by atoms with Crippen LogP contribution in [0.15, 0.2) is 17.5 Å². The predicted molar refractivity (Wildman–Crippen MR) is 69.3 cm³/mol. The first-order chi connectivity index (χ1) is 7.02. The second-order valence-corrected chi connectivity index (χ2v) is 5.92. The first kappa shape index (κ1) is 12.7. The maximum atomic E-state index is 3.73. The molecule has 0 aromatic carbocycles. The van der Waals surface area contributed by atoms with Crippen molar-refractivity contribution in [2.24, 2.45) is 11.8 Å². The van der Waals surface area contributed by atoms with Gasteiger partial charge in [-0.05, 0) is 30.2 Å². The molecule has 1 aromatic heterocycles. The molecular formula is C13H23NS. The molecule has 0 amide bonds. The Labute approximate surface area is 97.9 Å². The fourth-order valence-corrected chi connectivity index (χ4v) is 2.51. The molecule has 86 valence electrons. The summed E-state index contributed by atoms with van der Waals surface area (Å²) in [5, 5.41) is 5.89. The van der Waals surface area contributed by atoms with Crippen molar-refractivity contribution in [3.63, 3.8) is 0 Å². The van der Waals surface area contributed by atoms with Crippen molar-refractivity contribution >= 4 is 11.3 Å². The lowest BCUT2D eigenvalue weighted by molar-refractivity contribution is 0.327. The Bertz CT molecular complexity index is 264. The van der Waals surface area contributed by atoms with Gasteiger partial charge in [0.2, 0.25) is 0 Å². The van der Waals surface area contributed by atoms with Crippen LogP contribution in [0.3, 0.4) is 0 Å². The first-order valence-corrected chi connectivity index (χ1v) is 6.69. The SMILES string of the molecule is CC(C)C(C)NC(c1cccs1)C(C)C. The smallest absolute Gasteiger partial charge is 0.0440 e. The molecule has 0 fully saturated rings. The van der Waals surface area contributed by atoms with Crippen molar-refractivity contribution in [1.82, 2.24) is 5.32 Å². The standard InChI is InChI=1S/C13H23NS/c1-9(2)11(5)14-13(10(3)4)12-7-6-8-15-12/h6-11,13-14H,1-5H3. The van der Waals surface area contributed by atoms with E-state index in [9.17, 15) is 0 Å². The van der Waals surface area contributed by atoms with Crippen LogP contribution in [0.2, 0.25) is 0 Å². The number of nitrogens with one attached hydrogen (secondary N) is 1. The minimum absolute atomic E-state index is 0.502. The summed E-state index contributed by atoms with van der Waals surface area (Å²) in [5.74, 6) is 1.33. The Kier molecular flexibility index (Phi) is 4.81. The van der Waals surface area contributed by atoms with E-state index in [2.05, 4.69) is 57.4 Å². The second-order valence-electron chi connectivity index (χ2n) is 4.94. The maximum Gasteiger partial charge on any atom is 0.0440 e. The van der Waals surface area contributed by atoms with Gasteiger partial charge in [0.15, 0.2) is 0 Å². The van der Waals surface area contributed by atoms with Gasteiger partial charge in [0.1, 0.15) is 0 Å². The fraction of sp³-hybridized carbons (Fsp3) is 0.692. The predicted octanol–water partition coefficient (Wildman–Crippen LogP) is 4.08. The van der Waals surface area contributed by atoms with Gasteiger partial charge in [0, 0.05) is 17.0 Å². The molecule has 1 heterocycles. The van der Waals surface area contributed by atoms with Crippen LogP contribution in [-0.2, 0) is 0 Å². The topological polar surface area (TPSA) is 12.0 Å². The average molecular weight is 225 g/mol. The lowest BCUT2D eigenvalue weighted by Crippen LogP contribution is -2.36. The van der Waals surface area contributed by atoms with E-state index in [4.69, 9.17) is 0 Å². The lowest BCUT2D eigenvalue weighted by atomic mass is 9.98. The number of rotatable bonds is 5. The van der Waals surface area contributed by atoms with Crippen LogP contribution in [0.4, 0.5) is 0 Å². The lowest BCUT2D eigenvalue weighted by Gasteiger charge is -2.27. The minimum Gasteiger partial charge on any atom is -0.306 e. The van der Waals surface area contributed by atoms with Crippen LogP contribution in [0.25, 0.3) is 0 Å². The molecule has 0 aliphatic rings. The summed E-state index contributed by atoms with van der Waals surface area (Å²) in [7, 11) is 0. The summed E-state index contributed by atoms with van der Waals surface area (Å²) in [4.78, 5) is 1.46. The third kappa shape index (κ3) is 3.62. The molecule has 0 bridgehead atoms. The van der Waals surface area contributed by atoms with E-state index in [0.717, 1.165) is 0 Å². The number of hydrogen-bond acceptors (Lipinski definition) is 2. The molecule has 0 aliphatic heterocycles. The molecule has 0 spiro atoms. The van der Waals surface area contributed by atoms with Gasteiger partial charge in [-0.1, -0.05) is 33.8 Å². The van der Waals surface area contributed by atoms with Crippen LogP contribution in [0, 0.1) is 11.8 Å². The number of hydrogen-bond donors (Lipinski definition) is 1. The third-order valence-electron chi connectivity index (χ3n) is 2.96. The second kappa shape index (κ2) is 5.66. The van der Waals surface area contributed by atoms with E-state index < -0.39 is 0 Å². The van der Waals surface area contributed by atoms with Gasteiger partial charge < -0.3 is 5.32 Å². The number of thiophene rings is 1. The minimum atomic E-state index is 0.502. The highest BCUT2D eigenvalue weighted by Crippen LogP contribution is 2.26. The summed E-state index contributed by atoms with van der Waals surface area (Å²) < 4.78 is 0. The highest BCUT2D eigenvalue weighted by Gasteiger charge is 2.19. The van der Waals surface area contributed by atoms with Gasteiger partial charge in [-0.25, -0.2) is 0 Å². The van der Waals surface area contributed by atoms with E-state index in [1.807, 2.05) is 11.3 Å². The van der Waals surface area contributed by atoms with Crippen LogP contribution in [0.1, 0.15) is 45.5 Å². The molecule has 15 heavy (non-hydrogen) atoms. The zero-order valence-electron chi connectivity index (χ0n) is 10.4. The molecule has 0 saturated carbocycles. The van der Waals surface area contributed by atoms with E-state index in [-0.39, 0.29) is 0 Å². The molecule has 1 rings (SSSR count). The molecule has 0 aliphatic carbocycles. The molecule has 0 saturated heterocycles. The van der Waals surface area contributed by atoms with Crippen molar-refractivity contribution in [1.29, 1.82) is 0 Å². The van der Waals surface area contributed by atoms with Gasteiger partial charge in [0.25, 0.3) is 0 Å². The van der Waals surface area contributed by atoms with E-state index in [1.165, 1.54) is 4.88 Å². The molecule has 2 unspecified atom stereocenters. The Morgan fingerprint density at radius 1 is 1.07 bits per heavy atom. The maximum absolute atomic E-state index is 3.73. The Morgan fingerprint density at radius 2 is 1.73 bits per heavy atom. The molecule has 0 radical (unpaired) electrons. The van der Waals surface area contributed by atoms with Gasteiger partial charge >= 0.3 is 0 Å². The van der Waals surface area contributed by atoms with E-state index >= 15 is 0 Å². The van der Waals surface area contributed by atoms with Gasteiger partial charge in [-0.2, -0.15) is 0 Å². The summed E-state index contributed by atoms with van der Waals surface area (Å²) in [5.41, 5.74) is 0. The van der Waals surface area contributed by atoms with Crippen molar-refractivity contribution in [3.8, 4) is 0 Å². The Morgan fingerprint density at radius 3 is 2.13 bits per heavy atom. The van der Waals surface area contributed by atoms with Crippen LogP contribution in [0.5, 0.6) is 0 Å². The fourth-order valence-electron chi connectivity index (χ4n) is 1.55. The highest BCUT2D eigenvalue weighted by atomic mass is 32.1. The molecule has 1 N–H and O–H groups in total. The van der Waals surface area contributed by atoms with Crippen molar-refractivity contribution < 1.29 is 0 Å². The summed E-state index contributed by atoms with van der Waals surface area (Å²) in [6.07, 6.45) is 0. The Balaban J connectivity index is 2.68. The quantitative estimate of drug-likeness (QED) is 0.796. The van der Waals surface area contributed by atoms with E-state index in [0.29, 0.717) is 23.9 Å². The van der Waals surface area contributed by atoms with Crippen LogP contribution in [-0.4, -0.2) is 6.04 Å². The summed E-state index contributed by atoms with van der Waals surface area (Å²) in [6, 6.07) is 5.44. The molecule has 1 aromatic rings. The zero-order valence-corrected chi connectivity index (χ0v) is 11.3. The normalized spacial score (nSPS) is 15.9. The largest absolute Gasteiger partial charge is 0.306 e. The zero-order chi connectivity index (χ0) is 11.4. The monoisotopic (exact) mass is 225 g/mol. The molecule has 1 nitrogen and oxygen atoms in total. The van der Waals surface area contributed by atoms with Crippen molar-refractivity contribution in [2.75, 3.05) is 0 Å². The Hall–Kier alpha value is -0.340. The summed E-state index contributed by atoms with van der Waals surface area (Å²) in [6.45, 7) is 11.4. The third-order valence-corrected chi connectivity index (χ3v) is 3.91. The van der Waals surface area contributed by atoms with E-state index in [1.54, 1.807) is 0 Å². The van der Waals surface area contributed by atoms with Crippen LogP contribution < -0.4 is 5.32 Å². The summed E-state index contributed by atoms with van der Waals surface area (Å²) >= 11 is 1.85. The van der Waals surface area contributed by atoms with Gasteiger partial charge in [-0.3, -0.25) is 0 Å².